The topological polar surface area (TPSA) is 77.5 Å². The van der Waals surface area contributed by atoms with Crippen LogP contribution >= 0.6 is 0 Å². The highest BCUT2D eigenvalue weighted by Gasteiger charge is 2.60. The van der Waals surface area contributed by atoms with Gasteiger partial charge < -0.3 is 14.2 Å². The molecule has 5 rings (SSSR count). The summed E-state index contributed by atoms with van der Waals surface area (Å²) in [6, 6.07) is 19.7. The quantitative estimate of drug-likeness (QED) is 0.499. The van der Waals surface area contributed by atoms with Crippen molar-refractivity contribution in [3.05, 3.63) is 77.9 Å². The largest absolute Gasteiger partial charge is 0.493 e. The van der Waals surface area contributed by atoms with Crippen molar-refractivity contribution in [3.63, 3.8) is 0 Å². The lowest BCUT2D eigenvalue weighted by atomic mass is 9.90. The average Bonchev–Trinajstić information content (AvgIpc) is 3.40. The molecule has 35 heavy (non-hydrogen) atoms. The molecule has 3 unspecified atom stereocenters. The SMILES string of the molecule is COc1cc(C2C3C(=O)N(c4ccc(C)cc4)C(=O)C3ON2c2ccccc2)cc(OC)c1OC. The smallest absolute Gasteiger partial charge is 0.266 e. The lowest BCUT2D eigenvalue weighted by Gasteiger charge is -2.29. The Hall–Kier alpha value is -4.04. The van der Waals surface area contributed by atoms with Crippen LogP contribution in [0.1, 0.15) is 17.2 Å². The minimum Gasteiger partial charge on any atom is -0.493 e. The van der Waals surface area contributed by atoms with Gasteiger partial charge in [-0.25, -0.2) is 9.96 Å². The van der Waals surface area contributed by atoms with Gasteiger partial charge in [0.15, 0.2) is 17.6 Å². The van der Waals surface area contributed by atoms with Crippen LogP contribution < -0.4 is 24.2 Å². The van der Waals surface area contributed by atoms with E-state index >= 15 is 0 Å². The van der Waals surface area contributed by atoms with Crippen molar-refractivity contribution in [3.8, 4) is 17.2 Å². The summed E-state index contributed by atoms with van der Waals surface area (Å²) in [6.07, 6.45) is -0.965. The number of hydroxylamine groups is 1. The molecule has 3 aromatic carbocycles. The molecule has 2 saturated heterocycles. The summed E-state index contributed by atoms with van der Waals surface area (Å²) in [5.74, 6) is -0.140. The van der Waals surface area contributed by atoms with E-state index in [1.165, 1.54) is 26.2 Å². The number of methoxy groups -OCH3 is 3. The zero-order chi connectivity index (χ0) is 24.7. The fourth-order valence-corrected chi connectivity index (χ4v) is 4.77. The van der Waals surface area contributed by atoms with Gasteiger partial charge in [-0.15, -0.1) is 0 Å². The Labute approximate surface area is 203 Å². The summed E-state index contributed by atoms with van der Waals surface area (Å²) in [4.78, 5) is 34.7. The lowest BCUT2D eigenvalue weighted by Crippen LogP contribution is -2.37. The number of fused-ring (bicyclic) bond motifs is 1. The van der Waals surface area contributed by atoms with Gasteiger partial charge in [0.2, 0.25) is 11.7 Å². The highest BCUT2D eigenvalue weighted by Crippen LogP contribution is 2.50. The molecule has 2 aliphatic heterocycles. The van der Waals surface area contributed by atoms with Crippen molar-refractivity contribution < 1.29 is 28.6 Å². The van der Waals surface area contributed by atoms with Gasteiger partial charge in [0.1, 0.15) is 5.92 Å². The molecule has 2 fully saturated rings. The van der Waals surface area contributed by atoms with Crippen molar-refractivity contribution in [2.45, 2.75) is 19.1 Å². The Kier molecular flexibility index (Phi) is 5.82. The van der Waals surface area contributed by atoms with Crippen molar-refractivity contribution in [1.29, 1.82) is 0 Å². The zero-order valence-corrected chi connectivity index (χ0v) is 19.9. The van der Waals surface area contributed by atoms with Crippen LogP contribution in [0.4, 0.5) is 11.4 Å². The van der Waals surface area contributed by atoms with Crippen LogP contribution in [-0.2, 0) is 14.4 Å². The number of nitrogens with zero attached hydrogens (tertiary/aromatic N) is 2. The molecule has 2 aliphatic rings. The second-order valence-corrected chi connectivity index (χ2v) is 8.46. The summed E-state index contributed by atoms with van der Waals surface area (Å²) in [5.41, 5.74) is 2.99. The highest BCUT2D eigenvalue weighted by atomic mass is 16.7. The predicted molar refractivity (Wildman–Crippen MR) is 130 cm³/mol. The van der Waals surface area contributed by atoms with Gasteiger partial charge in [0, 0.05) is 0 Å². The molecule has 2 heterocycles. The maximum absolute atomic E-state index is 13.8. The standard InChI is InChI=1S/C27H26N2O6/c1-16-10-12-18(13-11-16)28-26(30)22-23(17-14-20(32-2)24(34-4)21(15-17)33-3)29(35-25(22)27(28)31)19-8-6-5-7-9-19/h5-15,22-23,25H,1-4H3. The molecular formula is C27H26N2O6. The van der Waals surface area contributed by atoms with Crippen LogP contribution in [0.15, 0.2) is 66.7 Å². The Morgan fingerprint density at radius 2 is 1.40 bits per heavy atom. The molecule has 0 aliphatic carbocycles. The minimum absolute atomic E-state index is 0.318. The fraction of sp³-hybridized carbons (Fsp3) is 0.259. The van der Waals surface area contributed by atoms with Gasteiger partial charge in [-0.05, 0) is 48.9 Å². The summed E-state index contributed by atoms with van der Waals surface area (Å²) < 4.78 is 16.6. The maximum atomic E-state index is 13.8. The van der Waals surface area contributed by atoms with Crippen molar-refractivity contribution >= 4 is 23.2 Å². The molecule has 0 saturated carbocycles. The van der Waals surface area contributed by atoms with Crippen LogP contribution in [0.25, 0.3) is 0 Å². The van der Waals surface area contributed by atoms with E-state index in [2.05, 4.69) is 0 Å². The van der Waals surface area contributed by atoms with Crippen LogP contribution in [0.3, 0.4) is 0 Å². The lowest BCUT2D eigenvalue weighted by molar-refractivity contribution is -0.126. The third-order valence-electron chi connectivity index (χ3n) is 6.45. The molecule has 8 nitrogen and oxygen atoms in total. The molecule has 2 amide bonds. The third kappa shape index (κ3) is 3.66. The number of para-hydroxylation sites is 1. The van der Waals surface area contributed by atoms with Crippen molar-refractivity contribution in [2.24, 2.45) is 5.92 Å². The number of aryl methyl sites for hydroxylation is 1. The number of benzene rings is 3. The second kappa shape index (κ2) is 8.96. The summed E-state index contributed by atoms with van der Waals surface area (Å²) in [6.45, 7) is 1.95. The third-order valence-corrected chi connectivity index (χ3v) is 6.45. The van der Waals surface area contributed by atoms with E-state index in [9.17, 15) is 9.59 Å². The Morgan fingerprint density at radius 3 is 1.97 bits per heavy atom. The molecule has 0 N–H and O–H groups in total. The highest BCUT2D eigenvalue weighted by molar-refractivity contribution is 6.23. The van der Waals surface area contributed by atoms with Crippen LogP contribution in [0, 0.1) is 12.8 Å². The normalized spacial score (nSPS) is 21.3. The van der Waals surface area contributed by atoms with E-state index < -0.39 is 18.1 Å². The minimum atomic E-state index is -0.965. The molecular weight excluding hydrogens is 448 g/mol. The van der Waals surface area contributed by atoms with Crippen LogP contribution in [0.5, 0.6) is 17.2 Å². The predicted octanol–water partition coefficient (Wildman–Crippen LogP) is 4.07. The average molecular weight is 475 g/mol. The Balaban J connectivity index is 1.64. The first-order chi connectivity index (χ1) is 17.0. The number of anilines is 2. The first-order valence-electron chi connectivity index (χ1n) is 11.2. The number of amides is 2. The first kappa shape index (κ1) is 22.7. The number of carbonyl (C=O) groups is 2. The fourth-order valence-electron chi connectivity index (χ4n) is 4.77. The Morgan fingerprint density at radius 1 is 0.771 bits per heavy atom. The van der Waals surface area contributed by atoms with Gasteiger partial charge in [0.05, 0.1) is 38.7 Å². The molecule has 180 valence electrons. The number of imide groups is 1. The summed E-state index contributed by atoms with van der Waals surface area (Å²) >= 11 is 0. The molecule has 3 atom stereocenters. The van der Waals surface area contributed by atoms with E-state index in [4.69, 9.17) is 19.0 Å². The number of carbonyl (C=O) groups excluding carboxylic acids is 2. The van der Waals surface area contributed by atoms with E-state index in [1.807, 2.05) is 49.4 Å². The molecule has 8 heteroatoms. The van der Waals surface area contributed by atoms with Crippen molar-refractivity contribution in [2.75, 3.05) is 31.3 Å². The van der Waals surface area contributed by atoms with Crippen molar-refractivity contribution in [1.82, 2.24) is 0 Å². The van der Waals surface area contributed by atoms with Crippen LogP contribution in [-0.4, -0.2) is 39.2 Å². The van der Waals surface area contributed by atoms with E-state index in [1.54, 1.807) is 29.3 Å². The van der Waals surface area contributed by atoms with Crippen LogP contribution in [0.2, 0.25) is 0 Å². The van der Waals surface area contributed by atoms with E-state index in [0.29, 0.717) is 28.5 Å². The maximum Gasteiger partial charge on any atom is 0.266 e. The van der Waals surface area contributed by atoms with Gasteiger partial charge >= 0.3 is 0 Å². The molecule has 3 aromatic rings. The number of hydrogen-bond donors (Lipinski definition) is 0. The Bertz CT molecular complexity index is 1240. The second-order valence-electron chi connectivity index (χ2n) is 8.46. The molecule has 0 aromatic heterocycles. The first-order valence-corrected chi connectivity index (χ1v) is 11.2. The van der Waals surface area contributed by atoms with Gasteiger partial charge in [-0.1, -0.05) is 35.9 Å². The number of ether oxygens (including phenoxy) is 3. The zero-order valence-electron chi connectivity index (χ0n) is 19.9. The summed E-state index contributed by atoms with van der Waals surface area (Å²) in [7, 11) is 4.60. The number of hydrogen-bond acceptors (Lipinski definition) is 7. The van der Waals surface area contributed by atoms with E-state index in [0.717, 1.165) is 11.3 Å². The van der Waals surface area contributed by atoms with Gasteiger partial charge in [0.25, 0.3) is 5.91 Å². The molecule has 0 bridgehead atoms. The van der Waals surface area contributed by atoms with E-state index in [-0.39, 0.29) is 11.8 Å². The molecule has 0 spiro atoms. The van der Waals surface area contributed by atoms with Gasteiger partial charge in [-0.3, -0.25) is 14.4 Å². The molecule has 0 radical (unpaired) electrons. The number of rotatable bonds is 6. The van der Waals surface area contributed by atoms with Gasteiger partial charge in [-0.2, -0.15) is 0 Å². The monoisotopic (exact) mass is 474 g/mol. The summed E-state index contributed by atoms with van der Waals surface area (Å²) in [5, 5.41) is 1.64.